The van der Waals surface area contributed by atoms with E-state index in [-0.39, 0.29) is 24.5 Å². The first kappa shape index (κ1) is 16.4. The summed E-state index contributed by atoms with van der Waals surface area (Å²) in [6.07, 6.45) is 1.89. The molecule has 1 fully saturated rings. The maximum absolute atomic E-state index is 12.3. The van der Waals surface area contributed by atoms with E-state index >= 15 is 0 Å². The van der Waals surface area contributed by atoms with Crippen LogP contribution in [0.1, 0.15) is 25.3 Å². The Morgan fingerprint density at radius 2 is 2.00 bits per heavy atom. The largest absolute Gasteiger partial charge is 0.313 e. The van der Waals surface area contributed by atoms with Gasteiger partial charge in [0.1, 0.15) is 0 Å². The highest BCUT2D eigenvalue weighted by Crippen LogP contribution is 2.17. The number of piperidine rings is 1. The van der Waals surface area contributed by atoms with Crippen molar-refractivity contribution < 1.29 is 8.42 Å². The number of sulfonamides is 1. The summed E-state index contributed by atoms with van der Waals surface area (Å²) in [4.78, 5) is 0.378. The molecule has 1 aromatic rings. The van der Waals surface area contributed by atoms with E-state index in [1.54, 1.807) is 12.1 Å². The highest BCUT2D eigenvalue weighted by atomic mass is 35.5. The van der Waals surface area contributed by atoms with Gasteiger partial charge < -0.3 is 5.32 Å². The van der Waals surface area contributed by atoms with Gasteiger partial charge in [0.25, 0.3) is 0 Å². The summed E-state index contributed by atoms with van der Waals surface area (Å²) in [7, 11) is -3.41. The van der Waals surface area contributed by atoms with E-state index in [9.17, 15) is 8.42 Å². The third-order valence-corrected chi connectivity index (χ3v) is 5.10. The zero-order valence-corrected chi connectivity index (χ0v) is 12.9. The average molecular weight is 305 g/mol. The van der Waals surface area contributed by atoms with Gasteiger partial charge in [0, 0.05) is 12.1 Å². The lowest BCUT2D eigenvalue weighted by Gasteiger charge is -2.30. The summed E-state index contributed by atoms with van der Waals surface area (Å²) in [6, 6.07) is 7.22. The van der Waals surface area contributed by atoms with E-state index in [0.29, 0.717) is 4.90 Å². The fourth-order valence-corrected chi connectivity index (χ4v) is 3.92. The van der Waals surface area contributed by atoms with Crippen molar-refractivity contribution in [1.29, 1.82) is 0 Å². The molecule has 0 aromatic heterocycles. The van der Waals surface area contributed by atoms with Gasteiger partial charge in [-0.2, -0.15) is 0 Å². The van der Waals surface area contributed by atoms with Crippen molar-refractivity contribution >= 4 is 22.4 Å². The van der Waals surface area contributed by atoms with Crippen LogP contribution in [-0.4, -0.2) is 27.0 Å². The Kier molecular flexibility index (Phi) is 5.80. The summed E-state index contributed by atoms with van der Waals surface area (Å²) < 4.78 is 27.5. The number of halogens is 1. The van der Waals surface area contributed by atoms with E-state index in [1.165, 1.54) is 0 Å². The molecule has 1 aromatic carbocycles. The zero-order valence-electron chi connectivity index (χ0n) is 11.2. The molecule has 6 heteroatoms. The van der Waals surface area contributed by atoms with Crippen LogP contribution in [0.15, 0.2) is 29.2 Å². The molecule has 2 atom stereocenters. The minimum atomic E-state index is -3.41. The smallest absolute Gasteiger partial charge is 0.241 e. The molecule has 108 valence electrons. The SMILES string of the molecule is Cc1ccccc1S(=O)(=O)NC1CCCNC1C.Cl. The van der Waals surface area contributed by atoms with Gasteiger partial charge in [-0.1, -0.05) is 18.2 Å². The topological polar surface area (TPSA) is 58.2 Å². The van der Waals surface area contributed by atoms with Crippen LogP contribution in [0.5, 0.6) is 0 Å². The van der Waals surface area contributed by atoms with Crippen molar-refractivity contribution in [2.24, 2.45) is 0 Å². The summed E-state index contributed by atoms with van der Waals surface area (Å²) in [5, 5.41) is 3.29. The van der Waals surface area contributed by atoms with Crippen LogP contribution < -0.4 is 10.0 Å². The molecular formula is C13H21ClN2O2S. The molecule has 2 N–H and O–H groups in total. The third-order valence-electron chi connectivity index (χ3n) is 3.45. The number of hydrogen-bond donors (Lipinski definition) is 2. The minimum Gasteiger partial charge on any atom is -0.313 e. The van der Waals surface area contributed by atoms with Gasteiger partial charge >= 0.3 is 0 Å². The van der Waals surface area contributed by atoms with Gasteiger partial charge in [-0.05, 0) is 44.9 Å². The van der Waals surface area contributed by atoms with Crippen LogP contribution in [-0.2, 0) is 10.0 Å². The van der Waals surface area contributed by atoms with Crippen LogP contribution >= 0.6 is 12.4 Å². The van der Waals surface area contributed by atoms with E-state index in [1.807, 2.05) is 26.0 Å². The Morgan fingerprint density at radius 3 is 2.63 bits per heavy atom. The molecular weight excluding hydrogens is 284 g/mol. The summed E-state index contributed by atoms with van der Waals surface area (Å²) in [6.45, 7) is 4.80. The number of hydrogen-bond acceptors (Lipinski definition) is 3. The van der Waals surface area contributed by atoms with E-state index in [0.717, 1.165) is 24.9 Å². The molecule has 0 bridgehead atoms. The van der Waals surface area contributed by atoms with Gasteiger partial charge in [0.05, 0.1) is 4.90 Å². The molecule has 0 saturated carbocycles. The van der Waals surface area contributed by atoms with E-state index in [4.69, 9.17) is 0 Å². The van der Waals surface area contributed by atoms with E-state index < -0.39 is 10.0 Å². The van der Waals surface area contributed by atoms with Crippen molar-refractivity contribution in [3.05, 3.63) is 29.8 Å². The summed E-state index contributed by atoms with van der Waals surface area (Å²) in [5.74, 6) is 0. The van der Waals surface area contributed by atoms with Gasteiger partial charge in [-0.15, -0.1) is 12.4 Å². The van der Waals surface area contributed by atoms with Crippen molar-refractivity contribution in [2.75, 3.05) is 6.54 Å². The number of benzene rings is 1. The monoisotopic (exact) mass is 304 g/mol. The molecule has 4 nitrogen and oxygen atoms in total. The lowest BCUT2D eigenvalue weighted by molar-refractivity contribution is 0.349. The molecule has 1 aliphatic heterocycles. The lowest BCUT2D eigenvalue weighted by Crippen LogP contribution is -2.51. The van der Waals surface area contributed by atoms with Crippen LogP contribution in [0.2, 0.25) is 0 Å². The molecule has 0 radical (unpaired) electrons. The fourth-order valence-electron chi connectivity index (χ4n) is 2.33. The summed E-state index contributed by atoms with van der Waals surface area (Å²) >= 11 is 0. The predicted octanol–water partition coefficient (Wildman–Crippen LogP) is 1.84. The number of aryl methyl sites for hydroxylation is 1. The standard InChI is InChI=1S/C13H20N2O2S.ClH/c1-10-6-3-4-8-13(10)18(16,17)15-12-7-5-9-14-11(12)2;/h3-4,6,8,11-12,14-15H,5,7,9H2,1-2H3;1H. The molecule has 1 saturated heterocycles. The van der Waals surface area contributed by atoms with Gasteiger partial charge in [-0.25, -0.2) is 13.1 Å². The first-order valence-electron chi connectivity index (χ1n) is 6.32. The molecule has 0 spiro atoms. The van der Waals surface area contributed by atoms with E-state index in [2.05, 4.69) is 10.0 Å². The summed E-state index contributed by atoms with van der Waals surface area (Å²) in [5.41, 5.74) is 0.779. The second-order valence-corrected chi connectivity index (χ2v) is 6.56. The number of rotatable bonds is 3. The van der Waals surface area contributed by atoms with Crippen LogP contribution in [0, 0.1) is 6.92 Å². The third kappa shape index (κ3) is 3.92. The lowest BCUT2D eigenvalue weighted by atomic mass is 10.0. The maximum Gasteiger partial charge on any atom is 0.241 e. The molecule has 1 heterocycles. The zero-order chi connectivity index (χ0) is 13.2. The molecule has 1 aliphatic rings. The molecule has 2 rings (SSSR count). The Morgan fingerprint density at radius 1 is 1.32 bits per heavy atom. The van der Waals surface area contributed by atoms with Crippen molar-refractivity contribution in [2.45, 2.75) is 43.7 Å². The first-order chi connectivity index (χ1) is 8.50. The Hall–Kier alpha value is -0.620. The van der Waals surface area contributed by atoms with Crippen molar-refractivity contribution in [3.8, 4) is 0 Å². The molecule has 19 heavy (non-hydrogen) atoms. The second-order valence-electron chi connectivity index (χ2n) is 4.88. The van der Waals surface area contributed by atoms with Gasteiger partial charge in [0.15, 0.2) is 0 Å². The molecule has 0 amide bonds. The quantitative estimate of drug-likeness (QED) is 0.896. The van der Waals surface area contributed by atoms with Gasteiger partial charge in [-0.3, -0.25) is 0 Å². The Bertz CT molecular complexity index is 519. The van der Waals surface area contributed by atoms with Crippen LogP contribution in [0.25, 0.3) is 0 Å². The normalized spacial score (nSPS) is 23.7. The van der Waals surface area contributed by atoms with Crippen LogP contribution in [0.4, 0.5) is 0 Å². The maximum atomic E-state index is 12.3. The van der Waals surface area contributed by atoms with Gasteiger partial charge in [0.2, 0.25) is 10.0 Å². The molecule has 2 unspecified atom stereocenters. The minimum absolute atomic E-state index is 0. The second kappa shape index (κ2) is 6.70. The van der Waals surface area contributed by atoms with Crippen molar-refractivity contribution in [1.82, 2.24) is 10.0 Å². The first-order valence-corrected chi connectivity index (χ1v) is 7.80. The number of nitrogens with one attached hydrogen (secondary N) is 2. The molecule has 0 aliphatic carbocycles. The Labute approximate surface area is 121 Å². The predicted molar refractivity (Wildman–Crippen MR) is 79.2 cm³/mol. The Balaban J connectivity index is 0.00000180. The highest BCUT2D eigenvalue weighted by Gasteiger charge is 2.27. The van der Waals surface area contributed by atoms with Crippen molar-refractivity contribution in [3.63, 3.8) is 0 Å². The van der Waals surface area contributed by atoms with Crippen LogP contribution in [0.3, 0.4) is 0 Å². The fraction of sp³-hybridized carbons (Fsp3) is 0.538. The average Bonchev–Trinajstić information content (AvgIpc) is 2.32. The highest BCUT2D eigenvalue weighted by molar-refractivity contribution is 7.89.